The van der Waals surface area contributed by atoms with E-state index in [0.29, 0.717) is 0 Å². The Morgan fingerprint density at radius 3 is 1.84 bits per heavy atom. The number of esters is 1. The molecule has 0 bridgehead atoms. The third kappa shape index (κ3) is 6.13. The van der Waals surface area contributed by atoms with E-state index in [-0.39, 0.29) is 19.4 Å². The van der Waals surface area contributed by atoms with Crippen LogP contribution in [0.25, 0.3) is 0 Å². The monoisotopic (exact) mass is 296 g/mol. The molecule has 0 amide bonds. The first kappa shape index (κ1) is 18.0. The summed E-state index contributed by atoms with van der Waals surface area (Å²) in [6.45, 7) is 2.71. The van der Waals surface area contributed by atoms with E-state index >= 15 is 0 Å². The topological polar surface area (TPSA) is 35.5 Å². The maximum atomic E-state index is 12.3. The van der Waals surface area contributed by atoms with Gasteiger partial charge in [-0.25, -0.2) is 4.79 Å². The minimum atomic E-state index is -5.64. The Kier molecular flexibility index (Phi) is 6.61. The molecule has 0 N–H and O–H groups in total. The average Bonchev–Trinajstić information content (AvgIpc) is 2.20. The Hall–Kier alpha value is -0.990. The van der Waals surface area contributed by atoms with Crippen LogP contribution in [0.2, 0.25) is 0 Å². The predicted octanol–water partition coefficient (Wildman–Crippen LogP) is 3.23. The Labute approximate surface area is 105 Å². The van der Waals surface area contributed by atoms with Gasteiger partial charge in [0.05, 0.1) is 6.61 Å². The van der Waals surface area contributed by atoms with Crippen molar-refractivity contribution in [3.8, 4) is 0 Å². The van der Waals surface area contributed by atoms with Gasteiger partial charge in [-0.1, -0.05) is 13.3 Å². The molecule has 0 saturated heterocycles. The summed E-state index contributed by atoms with van der Waals surface area (Å²) in [7, 11) is 0. The number of ether oxygens (including phenoxy) is 2. The molecule has 0 aromatic carbocycles. The largest absolute Gasteiger partial charge is 0.464 e. The van der Waals surface area contributed by atoms with Gasteiger partial charge in [-0.2, -0.15) is 26.3 Å². The van der Waals surface area contributed by atoms with E-state index in [2.05, 4.69) is 9.47 Å². The van der Waals surface area contributed by atoms with E-state index in [9.17, 15) is 31.1 Å². The van der Waals surface area contributed by atoms with Gasteiger partial charge in [0.15, 0.2) is 6.10 Å². The lowest BCUT2D eigenvalue weighted by Gasteiger charge is -2.26. The fraction of sp³-hybridized carbons (Fsp3) is 0.900. The van der Waals surface area contributed by atoms with Crippen molar-refractivity contribution in [2.24, 2.45) is 0 Å². The van der Waals surface area contributed by atoms with Crippen LogP contribution in [0.15, 0.2) is 0 Å². The van der Waals surface area contributed by atoms with Crippen LogP contribution in [0, 0.1) is 0 Å². The number of carbonyl (C=O) groups excluding carboxylic acids is 1. The van der Waals surface area contributed by atoms with Gasteiger partial charge in [0, 0.05) is 0 Å². The normalized spacial score (nSPS) is 14.6. The molecule has 114 valence electrons. The molecule has 0 fully saturated rings. The SMILES string of the molecule is CCCC(OC(C(F)(F)F)C(F)(F)F)C(=O)OCC. The molecule has 9 heteroatoms. The summed E-state index contributed by atoms with van der Waals surface area (Å²) >= 11 is 0. The second-order valence-electron chi connectivity index (χ2n) is 3.63. The fourth-order valence-electron chi connectivity index (χ4n) is 1.24. The summed E-state index contributed by atoms with van der Waals surface area (Å²) in [4.78, 5) is 11.2. The Bertz CT molecular complexity index is 272. The summed E-state index contributed by atoms with van der Waals surface area (Å²) in [6.07, 6.45) is -17.3. The maximum absolute atomic E-state index is 12.3. The highest BCUT2D eigenvalue weighted by Crippen LogP contribution is 2.36. The van der Waals surface area contributed by atoms with Gasteiger partial charge in [-0.15, -0.1) is 0 Å². The molecular weight excluding hydrogens is 282 g/mol. The molecule has 0 rings (SSSR count). The lowest BCUT2D eigenvalue weighted by molar-refractivity contribution is -0.329. The third-order valence-corrected chi connectivity index (χ3v) is 2.00. The Balaban J connectivity index is 5.00. The summed E-state index contributed by atoms with van der Waals surface area (Å²) in [6, 6.07) is 0. The number of hydrogen-bond donors (Lipinski definition) is 0. The van der Waals surface area contributed by atoms with E-state index in [0.717, 1.165) is 0 Å². The molecule has 0 aromatic rings. The molecule has 0 spiro atoms. The minimum Gasteiger partial charge on any atom is -0.464 e. The summed E-state index contributed by atoms with van der Waals surface area (Å²) < 4.78 is 81.9. The van der Waals surface area contributed by atoms with E-state index in [1.165, 1.54) is 13.8 Å². The van der Waals surface area contributed by atoms with Gasteiger partial charge in [0.2, 0.25) is 6.10 Å². The van der Waals surface area contributed by atoms with Crippen molar-refractivity contribution in [3.05, 3.63) is 0 Å². The highest BCUT2D eigenvalue weighted by molar-refractivity contribution is 5.74. The van der Waals surface area contributed by atoms with Crippen molar-refractivity contribution in [3.63, 3.8) is 0 Å². The number of hydrogen-bond acceptors (Lipinski definition) is 3. The number of rotatable bonds is 6. The second-order valence-corrected chi connectivity index (χ2v) is 3.63. The first-order chi connectivity index (χ1) is 8.54. The maximum Gasteiger partial charge on any atom is 0.423 e. The smallest absolute Gasteiger partial charge is 0.423 e. The van der Waals surface area contributed by atoms with Crippen molar-refractivity contribution in [2.45, 2.75) is 51.2 Å². The zero-order chi connectivity index (χ0) is 15.3. The predicted molar refractivity (Wildman–Crippen MR) is 52.3 cm³/mol. The molecule has 3 nitrogen and oxygen atoms in total. The minimum absolute atomic E-state index is 0.162. The van der Waals surface area contributed by atoms with Crippen molar-refractivity contribution in [1.82, 2.24) is 0 Å². The van der Waals surface area contributed by atoms with E-state index < -0.39 is 30.5 Å². The fourth-order valence-corrected chi connectivity index (χ4v) is 1.24. The molecule has 0 aliphatic rings. The van der Waals surface area contributed by atoms with Crippen molar-refractivity contribution >= 4 is 5.97 Å². The van der Waals surface area contributed by atoms with Crippen molar-refractivity contribution < 1.29 is 40.6 Å². The van der Waals surface area contributed by atoms with Gasteiger partial charge >= 0.3 is 18.3 Å². The van der Waals surface area contributed by atoms with E-state index in [1.807, 2.05) is 0 Å². The number of carbonyl (C=O) groups is 1. The first-order valence-corrected chi connectivity index (χ1v) is 5.49. The van der Waals surface area contributed by atoms with Gasteiger partial charge in [0.25, 0.3) is 0 Å². The molecule has 0 saturated carbocycles. The molecule has 0 aliphatic carbocycles. The quantitative estimate of drug-likeness (QED) is 0.557. The third-order valence-electron chi connectivity index (χ3n) is 2.00. The number of halogens is 6. The van der Waals surface area contributed by atoms with E-state index in [4.69, 9.17) is 0 Å². The van der Waals surface area contributed by atoms with Crippen LogP contribution in [0.1, 0.15) is 26.7 Å². The number of alkyl halides is 6. The van der Waals surface area contributed by atoms with E-state index in [1.54, 1.807) is 0 Å². The lowest BCUT2D eigenvalue weighted by Crippen LogP contribution is -2.48. The summed E-state index contributed by atoms with van der Waals surface area (Å²) in [5.41, 5.74) is 0. The highest BCUT2D eigenvalue weighted by atomic mass is 19.4. The Morgan fingerprint density at radius 1 is 1.05 bits per heavy atom. The summed E-state index contributed by atoms with van der Waals surface area (Å²) in [5.74, 6) is -1.23. The standard InChI is InChI=1S/C10H14F6O3/c1-3-5-6(7(17)18-4-2)19-8(9(11,12)13)10(14,15)16/h6,8H,3-5H2,1-2H3. The van der Waals surface area contributed by atoms with Crippen LogP contribution in [0.3, 0.4) is 0 Å². The van der Waals surface area contributed by atoms with Crippen molar-refractivity contribution in [2.75, 3.05) is 6.61 Å². The van der Waals surface area contributed by atoms with Crippen LogP contribution in [-0.4, -0.2) is 37.1 Å². The molecule has 1 atom stereocenters. The first-order valence-electron chi connectivity index (χ1n) is 5.49. The zero-order valence-corrected chi connectivity index (χ0v) is 10.3. The highest BCUT2D eigenvalue weighted by Gasteiger charge is 2.59. The van der Waals surface area contributed by atoms with Gasteiger partial charge in [-0.3, -0.25) is 0 Å². The molecular formula is C10H14F6O3. The van der Waals surface area contributed by atoms with Gasteiger partial charge < -0.3 is 9.47 Å². The van der Waals surface area contributed by atoms with Crippen molar-refractivity contribution in [1.29, 1.82) is 0 Å². The van der Waals surface area contributed by atoms with Crippen LogP contribution < -0.4 is 0 Å². The second kappa shape index (κ2) is 6.97. The Morgan fingerprint density at radius 2 is 1.53 bits per heavy atom. The van der Waals surface area contributed by atoms with Crippen LogP contribution in [-0.2, 0) is 14.3 Å². The van der Waals surface area contributed by atoms with Crippen LogP contribution >= 0.6 is 0 Å². The summed E-state index contributed by atoms with van der Waals surface area (Å²) in [5, 5.41) is 0. The van der Waals surface area contributed by atoms with Gasteiger partial charge in [-0.05, 0) is 13.3 Å². The molecule has 0 heterocycles. The van der Waals surface area contributed by atoms with Gasteiger partial charge in [0.1, 0.15) is 0 Å². The lowest BCUT2D eigenvalue weighted by atomic mass is 10.2. The molecule has 0 aromatic heterocycles. The van der Waals surface area contributed by atoms with Crippen LogP contribution in [0.5, 0.6) is 0 Å². The molecule has 19 heavy (non-hydrogen) atoms. The average molecular weight is 296 g/mol. The molecule has 1 unspecified atom stereocenters. The zero-order valence-electron chi connectivity index (χ0n) is 10.3. The molecule has 0 radical (unpaired) electrons. The van der Waals surface area contributed by atoms with Crippen LogP contribution in [0.4, 0.5) is 26.3 Å². The molecule has 0 aliphatic heterocycles.